The topological polar surface area (TPSA) is 79.6 Å². The lowest BCUT2D eigenvalue weighted by molar-refractivity contribution is 0.434. The van der Waals surface area contributed by atoms with E-state index in [1.165, 1.54) is 5.52 Å². The first kappa shape index (κ1) is 17.3. The summed E-state index contributed by atoms with van der Waals surface area (Å²) in [5, 5.41) is 9.12. The Bertz CT molecular complexity index is 921. The van der Waals surface area contributed by atoms with Gasteiger partial charge >= 0.3 is 0 Å². The molecule has 1 N–H and O–H groups in total. The maximum absolute atomic E-state index is 11.6. The zero-order valence-corrected chi connectivity index (χ0v) is 15.8. The van der Waals surface area contributed by atoms with E-state index in [2.05, 4.69) is 37.1 Å². The number of aromatic nitrogens is 2. The van der Waals surface area contributed by atoms with Crippen molar-refractivity contribution in [2.75, 3.05) is 38.2 Å². The van der Waals surface area contributed by atoms with Crippen molar-refractivity contribution < 1.29 is 8.42 Å². The van der Waals surface area contributed by atoms with E-state index in [0.717, 1.165) is 37.3 Å². The van der Waals surface area contributed by atoms with Crippen LogP contribution in [0.4, 0.5) is 0 Å². The number of hydrogen-bond acceptors (Lipinski definition) is 4. The van der Waals surface area contributed by atoms with Gasteiger partial charge < -0.3 is 10.2 Å². The number of rotatable bonds is 3. The number of nitrogens with zero attached hydrogens (tertiary/aromatic N) is 4. The fourth-order valence-electron chi connectivity index (χ4n) is 4.02. The van der Waals surface area contributed by atoms with Gasteiger partial charge in [0.15, 0.2) is 15.8 Å². The number of benzene rings is 1. The van der Waals surface area contributed by atoms with Gasteiger partial charge in [-0.1, -0.05) is 18.2 Å². The summed E-state index contributed by atoms with van der Waals surface area (Å²) in [7, 11) is -1.05. The molecule has 3 heterocycles. The van der Waals surface area contributed by atoms with Crippen molar-refractivity contribution in [2.24, 2.45) is 10.9 Å². The van der Waals surface area contributed by atoms with Gasteiger partial charge in [-0.3, -0.25) is 9.67 Å². The molecule has 0 saturated carbocycles. The Morgan fingerprint density at radius 3 is 2.96 bits per heavy atom. The van der Waals surface area contributed by atoms with Crippen molar-refractivity contribution >= 4 is 26.7 Å². The highest BCUT2D eigenvalue weighted by Gasteiger charge is 2.30. The van der Waals surface area contributed by atoms with Crippen LogP contribution in [0, 0.1) is 5.92 Å². The summed E-state index contributed by atoms with van der Waals surface area (Å²) in [6, 6.07) is 8.59. The first-order valence-electron chi connectivity index (χ1n) is 9.14. The molecule has 4 rings (SSSR count). The van der Waals surface area contributed by atoms with Gasteiger partial charge in [0, 0.05) is 32.1 Å². The molecule has 2 aliphatic heterocycles. The molecule has 2 unspecified atom stereocenters. The van der Waals surface area contributed by atoms with E-state index >= 15 is 0 Å². The third kappa shape index (κ3) is 3.42. The van der Waals surface area contributed by atoms with Crippen molar-refractivity contribution in [3.05, 3.63) is 30.5 Å². The standard InChI is InChI=1S/C18H25N5O2S/c1-19-18(20-10-14-7-9-26(24,25)13-14)22-8-6-16(12-22)23-17-5-3-2-4-15(17)11-21-23/h2-5,11,14,16H,6-10,12-13H2,1H3,(H,19,20). The summed E-state index contributed by atoms with van der Waals surface area (Å²) in [4.78, 5) is 6.64. The third-order valence-electron chi connectivity index (χ3n) is 5.40. The Hall–Kier alpha value is -2.09. The summed E-state index contributed by atoms with van der Waals surface area (Å²) in [6.07, 6.45) is 3.68. The van der Waals surface area contributed by atoms with Gasteiger partial charge in [-0.15, -0.1) is 0 Å². The number of hydrogen-bond donors (Lipinski definition) is 1. The molecule has 0 radical (unpaired) electrons. The predicted molar refractivity (Wildman–Crippen MR) is 103 cm³/mol. The summed E-state index contributed by atoms with van der Waals surface area (Å²) in [5.74, 6) is 1.65. The summed E-state index contributed by atoms with van der Waals surface area (Å²) < 4.78 is 25.3. The molecular formula is C18H25N5O2S. The smallest absolute Gasteiger partial charge is 0.193 e. The van der Waals surface area contributed by atoms with Gasteiger partial charge in [-0.25, -0.2) is 8.42 Å². The van der Waals surface area contributed by atoms with Crippen molar-refractivity contribution in [1.82, 2.24) is 20.0 Å². The highest BCUT2D eigenvalue weighted by atomic mass is 32.2. The Morgan fingerprint density at radius 2 is 2.19 bits per heavy atom. The zero-order valence-electron chi connectivity index (χ0n) is 15.0. The van der Waals surface area contributed by atoms with Gasteiger partial charge in [0.25, 0.3) is 0 Å². The molecule has 0 spiro atoms. The second kappa shape index (κ2) is 6.90. The first-order valence-corrected chi connectivity index (χ1v) is 11.0. The van der Waals surface area contributed by atoms with Crippen molar-refractivity contribution in [1.29, 1.82) is 0 Å². The van der Waals surface area contributed by atoms with Gasteiger partial charge in [0.05, 0.1) is 29.3 Å². The number of sulfone groups is 1. The number of nitrogens with one attached hydrogen (secondary N) is 1. The van der Waals surface area contributed by atoms with Crippen LogP contribution in [0.15, 0.2) is 35.5 Å². The van der Waals surface area contributed by atoms with Gasteiger partial charge in [-0.2, -0.15) is 5.10 Å². The molecule has 2 saturated heterocycles. The molecular weight excluding hydrogens is 350 g/mol. The van der Waals surface area contributed by atoms with Crippen molar-refractivity contribution in [2.45, 2.75) is 18.9 Å². The minimum absolute atomic E-state index is 0.185. The number of guanidine groups is 1. The zero-order chi connectivity index (χ0) is 18.1. The van der Waals surface area contributed by atoms with E-state index in [-0.39, 0.29) is 5.92 Å². The normalized spacial score (nSPS) is 25.9. The minimum Gasteiger partial charge on any atom is -0.356 e. The molecule has 2 fully saturated rings. The lowest BCUT2D eigenvalue weighted by atomic mass is 10.1. The van der Waals surface area contributed by atoms with E-state index in [4.69, 9.17) is 0 Å². The predicted octanol–water partition coefficient (Wildman–Crippen LogP) is 1.29. The molecule has 2 aromatic rings. The van der Waals surface area contributed by atoms with Crippen LogP contribution >= 0.6 is 0 Å². The lowest BCUT2D eigenvalue weighted by Gasteiger charge is -2.23. The van der Waals surface area contributed by atoms with Crippen LogP contribution < -0.4 is 5.32 Å². The molecule has 1 aromatic heterocycles. The Balaban J connectivity index is 1.39. The largest absolute Gasteiger partial charge is 0.356 e. The highest BCUT2D eigenvalue weighted by molar-refractivity contribution is 7.91. The monoisotopic (exact) mass is 375 g/mol. The summed E-state index contributed by atoms with van der Waals surface area (Å²) in [5.41, 5.74) is 1.17. The fraction of sp³-hybridized carbons (Fsp3) is 0.556. The van der Waals surface area contributed by atoms with E-state index in [1.54, 1.807) is 7.05 Å². The highest BCUT2D eigenvalue weighted by Crippen LogP contribution is 2.25. The maximum atomic E-state index is 11.6. The number of likely N-dealkylation sites (tertiary alicyclic amines) is 1. The van der Waals surface area contributed by atoms with E-state index < -0.39 is 9.84 Å². The van der Waals surface area contributed by atoms with Crippen molar-refractivity contribution in [3.8, 4) is 0 Å². The van der Waals surface area contributed by atoms with Gasteiger partial charge in [-0.05, 0) is 24.8 Å². The maximum Gasteiger partial charge on any atom is 0.193 e. The molecule has 0 amide bonds. The number of fused-ring (bicyclic) bond motifs is 1. The van der Waals surface area contributed by atoms with Crippen LogP contribution in [0.3, 0.4) is 0 Å². The van der Waals surface area contributed by atoms with E-state index in [0.29, 0.717) is 24.1 Å². The quantitative estimate of drug-likeness (QED) is 0.646. The lowest BCUT2D eigenvalue weighted by Crippen LogP contribution is -2.42. The molecule has 2 aliphatic rings. The molecule has 2 atom stereocenters. The van der Waals surface area contributed by atoms with Crippen LogP contribution in [0.5, 0.6) is 0 Å². The first-order chi connectivity index (χ1) is 12.6. The molecule has 140 valence electrons. The van der Waals surface area contributed by atoms with Crippen LogP contribution in [0.25, 0.3) is 10.9 Å². The third-order valence-corrected chi connectivity index (χ3v) is 7.24. The second-order valence-electron chi connectivity index (χ2n) is 7.23. The molecule has 7 nitrogen and oxygen atoms in total. The average molecular weight is 375 g/mol. The van der Waals surface area contributed by atoms with Crippen LogP contribution in [0.2, 0.25) is 0 Å². The average Bonchev–Trinajstić information content (AvgIpc) is 3.33. The summed E-state index contributed by atoms with van der Waals surface area (Å²) >= 11 is 0. The Kier molecular flexibility index (Phi) is 4.60. The molecule has 8 heteroatoms. The van der Waals surface area contributed by atoms with E-state index in [9.17, 15) is 8.42 Å². The summed E-state index contributed by atoms with van der Waals surface area (Å²) in [6.45, 7) is 2.44. The Labute approximate surface area is 154 Å². The molecule has 0 aliphatic carbocycles. The Morgan fingerprint density at radius 1 is 1.35 bits per heavy atom. The van der Waals surface area contributed by atoms with Crippen molar-refractivity contribution in [3.63, 3.8) is 0 Å². The minimum atomic E-state index is -2.83. The molecule has 0 bridgehead atoms. The van der Waals surface area contributed by atoms with Crippen LogP contribution in [0.1, 0.15) is 18.9 Å². The van der Waals surface area contributed by atoms with Crippen LogP contribution in [-0.2, 0) is 9.84 Å². The SMILES string of the molecule is CN=C(NCC1CCS(=O)(=O)C1)N1CCC(n2ncc3ccccc32)C1. The van der Waals surface area contributed by atoms with Gasteiger partial charge in [0.1, 0.15) is 0 Å². The van der Waals surface area contributed by atoms with Crippen LogP contribution in [-0.4, -0.2) is 67.2 Å². The fourth-order valence-corrected chi connectivity index (χ4v) is 5.88. The molecule has 26 heavy (non-hydrogen) atoms. The molecule has 1 aromatic carbocycles. The second-order valence-corrected chi connectivity index (χ2v) is 9.46. The number of aliphatic imine (C=N–C) groups is 1. The van der Waals surface area contributed by atoms with E-state index in [1.807, 2.05) is 18.3 Å². The number of para-hydroxylation sites is 1. The van der Waals surface area contributed by atoms with Gasteiger partial charge in [0.2, 0.25) is 0 Å².